The molecule has 142 valence electrons. The Kier molecular flexibility index (Phi) is 5.90. The predicted molar refractivity (Wildman–Crippen MR) is 91.5 cm³/mol. The molecule has 0 bridgehead atoms. The van der Waals surface area contributed by atoms with E-state index in [-0.39, 0.29) is 22.9 Å². The number of thioether (sulfide) groups is 1. The lowest BCUT2D eigenvalue weighted by Crippen LogP contribution is -2.33. The number of nitrogens with zero attached hydrogens (tertiary/aromatic N) is 1. The van der Waals surface area contributed by atoms with Crippen molar-refractivity contribution >= 4 is 29.0 Å². The van der Waals surface area contributed by atoms with Crippen LogP contribution in [-0.4, -0.2) is 32.8 Å². The minimum atomic E-state index is -4.87. The standard InChI is InChI=1S/C17H18F3NO4S/c1-3-9(4-2)8-21-15(24)13(26-16(21)25)7-10-5-11(17(18,19)20)14(23)12(22)6-10/h5-7,9,22-23H,3-4,8H2,1-2H3. The van der Waals surface area contributed by atoms with Crippen LogP contribution >= 0.6 is 11.8 Å². The van der Waals surface area contributed by atoms with Gasteiger partial charge in [0.15, 0.2) is 11.5 Å². The average molecular weight is 389 g/mol. The molecular weight excluding hydrogens is 371 g/mol. The first-order chi connectivity index (χ1) is 12.1. The number of aromatic hydroxyl groups is 2. The van der Waals surface area contributed by atoms with Gasteiger partial charge >= 0.3 is 6.18 Å². The number of imide groups is 1. The highest BCUT2D eigenvalue weighted by Gasteiger charge is 2.37. The Morgan fingerprint density at radius 1 is 1.19 bits per heavy atom. The summed E-state index contributed by atoms with van der Waals surface area (Å²) >= 11 is 0.636. The third-order valence-electron chi connectivity index (χ3n) is 4.18. The molecule has 1 aliphatic heterocycles. The molecule has 0 atom stereocenters. The molecule has 0 unspecified atom stereocenters. The summed E-state index contributed by atoms with van der Waals surface area (Å²) in [7, 11) is 0. The molecule has 9 heteroatoms. The molecule has 1 fully saturated rings. The maximum Gasteiger partial charge on any atom is 0.420 e. The van der Waals surface area contributed by atoms with Gasteiger partial charge in [-0.2, -0.15) is 13.2 Å². The van der Waals surface area contributed by atoms with E-state index >= 15 is 0 Å². The maximum absolute atomic E-state index is 12.9. The van der Waals surface area contributed by atoms with Gasteiger partial charge in [-0.3, -0.25) is 14.5 Å². The first kappa shape index (κ1) is 20.2. The van der Waals surface area contributed by atoms with E-state index in [1.807, 2.05) is 13.8 Å². The monoisotopic (exact) mass is 389 g/mol. The van der Waals surface area contributed by atoms with E-state index in [2.05, 4.69) is 0 Å². The molecule has 0 saturated carbocycles. The summed E-state index contributed by atoms with van der Waals surface area (Å²) in [5, 5.41) is 18.4. The van der Waals surface area contributed by atoms with E-state index in [4.69, 9.17) is 0 Å². The number of rotatable bonds is 5. The predicted octanol–water partition coefficient (Wildman–Crippen LogP) is 4.59. The second-order valence-electron chi connectivity index (χ2n) is 5.91. The first-order valence-electron chi connectivity index (χ1n) is 7.97. The summed E-state index contributed by atoms with van der Waals surface area (Å²) in [6.45, 7) is 4.14. The van der Waals surface area contributed by atoms with Crippen molar-refractivity contribution in [3.05, 3.63) is 28.2 Å². The van der Waals surface area contributed by atoms with Crippen molar-refractivity contribution in [3.63, 3.8) is 0 Å². The summed E-state index contributed by atoms with van der Waals surface area (Å²) in [6, 6.07) is 1.52. The van der Waals surface area contributed by atoms with Crippen molar-refractivity contribution in [2.24, 2.45) is 5.92 Å². The second-order valence-corrected chi connectivity index (χ2v) is 6.90. The molecular formula is C17H18F3NO4S. The number of phenolic OH excluding ortho intramolecular Hbond substituents is 2. The van der Waals surface area contributed by atoms with Gasteiger partial charge in [-0.1, -0.05) is 26.7 Å². The van der Waals surface area contributed by atoms with Crippen LogP contribution < -0.4 is 0 Å². The molecule has 2 rings (SSSR count). The Labute approximate surface area is 152 Å². The molecule has 26 heavy (non-hydrogen) atoms. The summed E-state index contributed by atoms with van der Waals surface area (Å²) in [5.74, 6) is -2.66. The number of benzene rings is 1. The van der Waals surface area contributed by atoms with Crippen LogP contribution in [0.15, 0.2) is 17.0 Å². The fourth-order valence-corrected chi connectivity index (χ4v) is 3.40. The number of alkyl halides is 3. The summed E-state index contributed by atoms with van der Waals surface area (Å²) in [5.41, 5.74) is -1.55. The quantitative estimate of drug-likeness (QED) is 0.569. The van der Waals surface area contributed by atoms with E-state index in [1.54, 1.807) is 0 Å². The first-order valence-corrected chi connectivity index (χ1v) is 8.78. The fourth-order valence-electron chi connectivity index (χ4n) is 2.55. The molecule has 2 N–H and O–H groups in total. The van der Waals surface area contributed by atoms with Crippen LogP contribution in [0.2, 0.25) is 0 Å². The van der Waals surface area contributed by atoms with Crippen molar-refractivity contribution in [2.45, 2.75) is 32.9 Å². The number of halogens is 3. The number of carbonyl (C=O) groups excluding carboxylic acids is 2. The highest BCUT2D eigenvalue weighted by Crippen LogP contribution is 2.42. The van der Waals surface area contributed by atoms with Gasteiger partial charge < -0.3 is 10.2 Å². The Balaban J connectivity index is 2.35. The molecule has 1 aromatic carbocycles. The molecule has 1 saturated heterocycles. The topological polar surface area (TPSA) is 77.8 Å². The van der Waals surface area contributed by atoms with E-state index in [0.29, 0.717) is 17.8 Å². The largest absolute Gasteiger partial charge is 0.504 e. The van der Waals surface area contributed by atoms with E-state index in [1.165, 1.54) is 0 Å². The van der Waals surface area contributed by atoms with Gasteiger partial charge in [0.1, 0.15) is 5.56 Å². The molecule has 1 heterocycles. The highest BCUT2D eigenvalue weighted by atomic mass is 32.2. The SMILES string of the molecule is CCC(CC)CN1C(=O)SC(=Cc2cc(O)c(O)c(C(F)(F)F)c2)C1=O. The van der Waals surface area contributed by atoms with E-state index < -0.39 is 34.4 Å². The lowest BCUT2D eigenvalue weighted by Gasteiger charge is -2.19. The molecule has 5 nitrogen and oxygen atoms in total. The Bertz CT molecular complexity index is 757. The van der Waals surface area contributed by atoms with Gasteiger partial charge in [0.05, 0.1) is 4.91 Å². The zero-order valence-electron chi connectivity index (χ0n) is 14.1. The van der Waals surface area contributed by atoms with Gasteiger partial charge in [-0.15, -0.1) is 0 Å². The zero-order valence-corrected chi connectivity index (χ0v) is 14.9. The third kappa shape index (κ3) is 4.14. The van der Waals surface area contributed by atoms with Gasteiger partial charge in [-0.05, 0) is 41.5 Å². The number of hydrogen-bond donors (Lipinski definition) is 2. The van der Waals surface area contributed by atoms with Gasteiger partial charge in [0.2, 0.25) is 0 Å². The lowest BCUT2D eigenvalue weighted by molar-refractivity contribution is -0.139. The molecule has 0 radical (unpaired) electrons. The minimum Gasteiger partial charge on any atom is -0.504 e. The fraction of sp³-hybridized carbons (Fsp3) is 0.412. The van der Waals surface area contributed by atoms with Crippen LogP contribution in [0.25, 0.3) is 6.08 Å². The number of hydrogen-bond acceptors (Lipinski definition) is 5. The number of carbonyl (C=O) groups is 2. The van der Waals surface area contributed by atoms with Crippen LogP contribution in [0, 0.1) is 5.92 Å². The van der Waals surface area contributed by atoms with Crippen LogP contribution in [0.3, 0.4) is 0 Å². The lowest BCUT2D eigenvalue weighted by atomic mass is 10.0. The maximum atomic E-state index is 12.9. The average Bonchev–Trinajstić information content (AvgIpc) is 2.81. The van der Waals surface area contributed by atoms with Crippen molar-refractivity contribution in [1.29, 1.82) is 0 Å². The number of amides is 2. The molecule has 0 aromatic heterocycles. The van der Waals surface area contributed by atoms with Crippen LogP contribution in [0.1, 0.15) is 37.8 Å². The van der Waals surface area contributed by atoms with Crippen LogP contribution in [0.5, 0.6) is 11.5 Å². The number of phenols is 2. The third-order valence-corrected chi connectivity index (χ3v) is 5.09. The molecule has 2 amide bonds. The van der Waals surface area contributed by atoms with Crippen molar-refractivity contribution < 1.29 is 33.0 Å². The zero-order chi connectivity index (χ0) is 19.6. The smallest absolute Gasteiger partial charge is 0.420 e. The van der Waals surface area contributed by atoms with Crippen LogP contribution in [0.4, 0.5) is 18.0 Å². The highest BCUT2D eigenvalue weighted by molar-refractivity contribution is 8.18. The van der Waals surface area contributed by atoms with E-state index in [0.717, 1.165) is 29.9 Å². The van der Waals surface area contributed by atoms with Crippen molar-refractivity contribution in [2.75, 3.05) is 6.54 Å². The minimum absolute atomic E-state index is 0.0285. The normalized spacial score (nSPS) is 17.0. The molecule has 0 aliphatic carbocycles. The summed E-state index contributed by atoms with van der Waals surface area (Å²) < 4.78 is 38.8. The van der Waals surface area contributed by atoms with E-state index in [9.17, 15) is 33.0 Å². The van der Waals surface area contributed by atoms with Crippen LogP contribution in [-0.2, 0) is 11.0 Å². The Morgan fingerprint density at radius 3 is 2.35 bits per heavy atom. The van der Waals surface area contributed by atoms with Crippen molar-refractivity contribution in [3.8, 4) is 11.5 Å². The van der Waals surface area contributed by atoms with Gasteiger partial charge in [0.25, 0.3) is 11.1 Å². The van der Waals surface area contributed by atoms with Gasteiger partial charge in [-0.25, -0.2) is 0 Å². The Morgan fingerprint density at radius 2 is 1.81 bits per heavy atom. The van der Waals surface area contributed by atoms with Crippen molar-refractivity contribution in [1.82, 2.24) is 4.90 Å². The summed E-state index contributed by atoms with van der Waals surface area (Å²) in [6.07, 6.45) is -2.19. The van der Waals surface area contributed by atoms with Gasteiger partial charge in [0, 0.05) is 6.54 Å². The second kappa shape index (κ2) is 7.61. The molecule has 1 aromatic rings. The Hall–Kier alpha value is -2.16. The summed E-state index contributed by atoms with van der Waals surface area (Å²) in [4.78, 5) is 25.5. The molecule has 0 spiro atoms. The molecule has 1 aliphatic rings.